The molecule has 16 heavy (non-hydrogen) atoms. The number of hydrogen-bond acceptors (Lipinski definition) is 2. The molecule has 92 valence electrons. The standard InChI is InChI=1S/C14H25NS/c1-4-15-10-14(9-12(2)3)6-5-13-7-8-16-11-13/h7-8,11-12,14-15H,4-6,9-10H2,1-3H3. The Bertz CT molecular complexity index is 254. The zero-order valence-electron chi connectivity index (χ0n) is 10.8. The predicted octanol–water partition coefficient (Wildman–Crippen LogP) is 3.95. The minimum Gasteiger partial charge on any atom is -0.317 e. The SMILES string of the molecule is CCNCC(CCc1ccsc1)CC(C)C. The van der Waals surface area contributed by atoms with Crippen molar-refractivity contribution in [2.75, 3.05) is 13.1 Å². The van der Waals surface area contributed by atoms with Crippen LogP contribution in [0.5, 0.6) is 0 Å². The molecule has 1 nitrogen and oxygen atoms in total. The third kappa shape index (κ3) is 5.66. The molecule has 0 fully saturated rings. The van der Waals surface area contributed by atoms with Crippen LogP contribution in [0.3, 0.4) is 0 Å². The lowest BCUT2D eigenvalue weighted by Gasteiger charge is -2.19. The molecule has 0 amide bonds. The molecule has 1 unspecified atom stereocenters. The molecule has 0 aromatic carbocycles. The van der Waals surface area contributed by atoms with E-state index >= 15 is 0 Å². The summed E-state index contributed by atoms with van der Waals surface area (Å²) >= 11 is 1.81. The minimum absolute atomic E-state index is 0.811. The number of thiophene rings is 1. The molecule has 0 aliphatic carbocycles. The molecule has 0 radical (unpaired) electrons. The Balaban J connectivity index is 2.31. The molecular formula is C14H25NS. The van der Waals surface area contributed by atoms with Gasteiger partial charge in [-0.1, -0.05) is 20.8 Å². The van der Waals surface area contributed by atoms with Gasteiger partial charge in [0.15, 0.2) is 0 Å². The van der Waals surface area contributed by atoms with Gasteiger partial charge in [0, 0.05) is 0 Å². The minimum atomic E-state index is 0.811. The summed E-state index contributed by atoms with van der Waals surface area (Å²) in [6.07, 6.45) is 3.91. The molecule has 0 spiro atoms. The predicted molar refractivity (Wildman–Crippen MR) is 74.1 cm³/mol. The maximum absolute atomic E-state index is 3.49. The quantitative estimate of drug-likeness (QED) is 0.724. The molecule has 0 saturated heterocycles. The Kier molecular flexibility index (Phi) is 6.74. The Morgan fingerprint density at radius 3 is 2.75 bits per heavy atom. The first-order valence-electron chi connectivity index (χ1n) is 6.44. The molecule has 1 atom stereocenters. The maximum atomic E-state index is 3.49. The van der Waals surface area contributed by atoms with Crippen molar-refractivity contribution in [2.45, 2.75) is 40.0 Å². The second kappa shape index (κ2) is 7.86. The van der Waals surface area contributed by atoms with Gasteiger partial charge in [-0.15, -0.1) is 0 Å². The number of nitrogens with one attached hydrogen (secondary N) is 1. The van der Waals surface area contributed by atoms with Crippen molar-refractivity contribution in [1.29, 1.82) is 0 Å². The van der Waals surface area contributed by atoms with Crippen molar-refractivity contribution in [2.24, 2.45) is 11.8 Å². The summed E-state index contributed by atoms with van der Waals surface area (Å²) in [5, 5.41) is 7.94. The number of aryl methyl sites for hydroxylation is 1. The summed E-state index contributed by atoms with van der Waals surface area (Å²) in [6.45, 7) is 9.10. The van der Waals surface area contributed by atoms with Gasteiger partial charge < -0.3 is 5.32 Å². The second-order valence-electron chi connectivity index (χ2n) is 4.97. The summed E-state index contributed by atoms with van der Waals surface area (Å²) in [7, 11) is 0. The highest BCUT2D eigenvalue weighted by atomic mass is 32.1. The van der Waals surface area contributed by atoms with Gasteiger partial charge in [0.2, 0.25) is 0 Å². The van der Waals surface area contributed by atoms with E-state index in [4.69, 9.17) is 0 Å². The van der Waals surface area contributed by atoms with Crippen LogP contribution in [0.4, 0.5) is 0 Å². The van der Waals surface area contributed by atoms with Crippen LogP contribution in [0.15, 0.2) is 16.8 Å². The van der Waals surface area contributed by atoms with Crippen LogP contribution < -0.4 is 5.32 Å². The lowest BCUT2D eigenvalue weighted by molar-refractivity contribution is 0.369. The van der Waals surface area contributed by atoms with Crippen molar-refractivity contribution in [1.82, 2.24) is 5.32 Å². The van der Waals surface area contributed by atoms with Crippen molar-refractivity contribution < 1.29 is 0 Å². The van der Waals surface area contributed by atoms with Crippen LogP contribution in [0.1, 0.15) is 39.2 Å². The van der Waals surface area contributed by atoms with Gasteiger partial charge in [0.1, 0.15) is 0 Å². The van der Waals surface area contributed by atoms with Gasteiger partial charge in [0.05, 0.1) is 0 Å². The Hall–Kier alpha value is -0.340. The fourth-order valence-electron chi connectivity index (χ4n) is 2.12. The van der Waals surface area contributed by atoms with Crippen molar-refractivity contribution in [3.8, 4) is 0 Å². The Labute approximate surface area is 104 Å². The summed E-state index contributed by atoms with van der Waals surface area (Å²) in [6, 6.07) is 2.25. The lowest BCUT2D eigenvalue weighted by Crippen LogP contribution is -2.24. The first kappa shape index (κ1) is 13.7. The highest BCUT2D eigenvalue weighted by Crippen LogP contribution is 2.18. The molecule has 1 rings (SSSR count). The van der Waals surface area contributed by atoms with Crippen LogP contribution in [0.25, 0.3) is 0 Å². The van der Waals surface area contributed by atoms with Crippen LogP contribution in [-0.4, -0.2) is 13.1 Å². The zero-order chi connectivity index (χ0) is 11.8. The molecule has 1 heterocycles. The smallest absolute Gasteiger partial charge is 0.00204 e. The summed E-state index contributed by atoms with van der Waals surface area (Å²) in [5.74, 6) is 1.64. The summed E-state index contributed by atoms with van der Waals surface area (Å²) < 4.78 is 0. The average Bonchev–Trinajstić information content (AvgIpc) is 2.74. The first-order chi connectivity index (χ1) is 7.72. The van der Waals surface area contributed by atoms with Crippen LogP contribution >= 0.6 is 11.3 Å². The lowest BCUT2D eigenvalue weighted by atomic mass is 9.91. The molecule has 0 saturated carbocycles. The highest BCUT2D eigenvalue weighted by Gasteiger charge is 2.10. The van der Waals surface area contributed by atoms with Gasteiger partial charge in [-0.2, -0.15) is 11.3 Å². The normalized spacial score (nSPS) is 13.2. The van der Waals surface area contributed by atoms with Crippen molar-refractivity contribution >= 4 is 11.3 Å². The monoisotopic (exact) mass is 239 g/mol. The summed E-state index contributed by atoms with van der Waals surface area (Å²) in [5.41, 5.74) is 1.51. The fraction of sp³-hybridized carbons (Fsp3) is 0.714. The Morgan fingerprint density at radius 1 is 1.38 bits per heavy atom. The molecular weight excluding hydrogens is 214 g/mol. The van der Waals surface area contributed by atoms with E-state index in [1.165, 1.54) is 31.4 Å². The van der Waals surface area contributed by atoms with Gasteiger partial charge >= 0.3 is 0 Å². The van der Waals surface area contributed by atoms with E-state index in [1.54, 1.807) is 0 Å². The summed E-state index contributed by atoms with van der Waals surface area (Å²) in [4.78, 5) is 0. The largest absolute Gasteiger partial charge is 0.317 e. The fourth-order valence-corrected chi connectivity index (χ4v) is 2.83. The van der Waals surface area contributed by atoms with E-state index in [-0.39, 0.29) is 0 Å². The van der Waals surface area contributed by atoms with Crippen LogP contribution in [0, 0.1) is 11.8 Å². The van der Waals surface area contributed by atoms with Gasteiger partial charge in [-0.05, 0) is 66.6 Å². The van der Waals surface area contributed by atoms with Gasteiger partial charge in [0.25, 0.3) is 0 Å². The van der Waals surface area contributed by atoms with Crippen molar-refractivity contribution in [3.63, 3.8) is 0 Å². The Morgan fingerprint density at radius 2 is 2.19 bits per heavy atom. The maximum Gasteiger partial charge on any atom is -0.00204 e. The van der Waals surface area contributed by atoms with E-state index in [0.717, 1.165) is 18.4 Å². The van der Waals surface area contributed by atoms with Gasteiger partial charge in [-0.25, -0.2) is 0 Å². The molecule has 0 aliphatic heterocycles. The molecule has 2 heteroatoms. The van der Waals surface area contributed by atoms with E-state index in [0.29, 0.717) is 0 Å². The van der Waals surface area contributed by atoms with E-state index in [1.807, 2.05) is 11.3 Å². The van der Waals surface area contributed by atoms with E-state index in [2.05, 4.69) is 42.9 Å². The topological polar surface area (TPSA) is 12.0 Å². The zero-order valence-corrected chi connectivity index (χ0v) is 11.6. The molecule has 0 aliphatic rings. The first-order valence-corrected chi connectivity index (χ1v) is 7.38. The number of rotatable bonds is 8. The van der Waals surface area contributed by atoms with Crippen LogP contribution in [0.2, 0.25) is 0 Å². The molecule has 1 aromatic heterocycles. The van der Waals surface area contributed by atoms with E-state index < -0.39 is 0 Å². The second-order valence-corrected chi connectivity index (χ2v) is 5.75. The molecule has 1 aromatic rings. The third-order valence-electron chi connectivity index (χ3n) is 2.91. The van der Waals surface area contributed by atoms with Crippen molar-refractivity contribution in [3.05, 3.63) is 22.4 Å². The molecule has 0 bridgehead atoms. The highest BCUT2D eigenvalue weighted by molar-refractivity contribution is 7.07. The third-order valence-corrected chi connectivity index (χ3v) is 3.64. The average molecular weight is 239 g/mol. The van der Waals surface area contributed by atoms with Crippen LogP contribution in [-0.2, 0) is 6.42 Å². The van der Waals surface area contributed by atoms with Gasteiger partial charge in [-0.3, -0.25) is 0 Å². The molecule has 1 N–H and O–H groups in total. The van der Waals surface area contributed by atoms with E-state index in [9.17, 15) is 0 Å². The number of hydrogen-bond donors (Lipinski definition) is 1.